The lowest BCUT2D eigenvalue weighted by Gasteiger charge is -2.32. The molecular weight excluding hydrogens is 236 g/mol. The van der Waals surface area contributed by atoms with Gasteiger partial charge in [-0.3, -0.25) is 4.79 Å². The largest absolute Gasteiger partial charge is 0.477 e. The highest BCUT2D eigenvalue weighted by molar-refractivity contribution is 5.77. The topological polar surface area (TPSA) is 77.8 Å². The molecule has 5 nitrogen and oxygen atoms in total. The van der Waals surface area contributed by atoms with Crippen molar-refractivity contribution in [3.63, 3.8) is 0 Å². The van der Waals surface area contributed by atoms with Crippen molar-refractivity contribution in [1.82, 2.24) is 4.90 Å². The van der Waals surface area contributed by atoms with E-state index in [-0.39, 0.29) is 31.8 Å². The molecule has 0 aromatic rings. The molecule has 2 N–H and O–H groups in total. The van der Waals surface area contributed by atoms with E-state index in [9.17, 15) is 23.5 Å². The van der Waals surface area contributed by atoms with Gasteiger partial charge in [0, 0.05) is 26.4 Å². The average Bonchev–Trinajstić information content (AvgIpc) is 2.41. The van der Waals surface area contributed by atoms with Crippen molar-refractivity contribution in [1.29, 1.82) is 0 Å². The first kappa shape index (κ1) is 13.8. The normalized spacial score (nSPS) is 26.5. The molecule has 17 heavy (non-hydrogen) atoms. The second-order valence-corrected chi connectivity index (χ2v) is 4.27. The van der Waals surface area contributed by atoms with Crippen molar-refractivity contribution in [2.24, 2.45) is 0 Å². The number of halogens is 2. The number of amides is 1. The van der Waals surface area contributed by atoms with Crippen LogP contribution < -0.4 is 0 Å². The van der Waals surface area contributed by atoms with E-state index < -0.39 is 23.9 Å². The van der Waals surface area contributed by atoms with Crippen molar-refractivity contribution >= 4 is 11.9 Å². The quantitative estimate of drug-likeness (QED) is 0.747. The molecule has 0 aromatic heterocycles. The Morgan fingerprint density at radius 3 is 2.35 bits per heavy atom. The number of aliphatic hydroxyl groups is 1. The van der Waals surface area contributed by atoms with Crippen LogP contribution in [-0.2, 0) is 9.59 Å². The molecule has 1 saturated heterocycles. The molecule has 0 spiro atoms. The SMILES string of the molecule is CC(=O)N1CCCC(O)(C(F)(F)C(=O)O)CC1. The number of hydrogen-bond acceptors (Lipinski definition) is 3. The summed E-state index contributed by atoms with van der Waals surface area (Å²) in [5.41, 5.74) is -2.58. The van der Waals surface area contributed by atoms with Crippen LogP contribution in [0.15, 0.2) is 0 Å². The Balaban J connectivity index is 2.86. The van der Waals surface area contributed by atoms with E-state index in [0.29, 0.717) is 0 Å². The van der Waals surface area contributed by atoms with Crippen LogP contribution in [0.5, 0.6) is 0 Å². The van der Waals surface area contributed by atoms with Crippen LogP contribution in [0.2, 0.25) is 0 Å². The summed E-state index contributed by atoms with van der Waals surface area (Å²) in [5, 5.41) is 18.2. The van der Waals surface area contributed by atoms with Gasteiger partial charge in [0.2, 0.25) is 5.91 Å². The third-order valence-corrected chi connectivity index (χ3v) is 3.11. The summed E-state index contributed by atoms with van der Waals surface area (Å²) in [5.74, 6) is -6.80. The molecule has 0 saturated carbocycles. The molecular formula is C10H15F2NO4. The molecule has 0 aromatic carbocycles. The molecule has 7 heteroatoms. The first-order valence-corrected chi connectivity index (χ1v) is 5.30. The van der Waals surface area contributed by atoms with Gasteiger partial charge < -0.3 is 15.1 Å². The number of carboxylic acids is 1. The molecule has 1 aliphatic rings. The van der Waals surface area contributed by atoms with Gasteiger partial charge in [-0.15, -0.1) is 0 Å². The van der Waals surface area contributed by atoms with E-state index in [2.05, 4.69) is 0 Å². The lowest BCUT2D eigenvalue weighted by Crippen LogP contribution is -2.53. The van der Waals surface area contributed by atoms with Gasteiger partial charge in [-0.1, -0.05) is 0 Å². The molecule has 1 heterocycles. The lowest BCUT2D eigenvalue weighted by atomic mass is 9.88. The molecule has 1 atom stereocenters. The Kier molecular flexibility index (Phi) is 3.71. The van der Waals surface area contributed by atoms with Gasteiger partial charge in [0.25, 0.3) is 0 Å². The van der Waals surface area contributed by atoms with E-state index in [1.54, 1.807) is 0 Å². The number of carbonyl (C=O) groups is 2. The monoisotopic (exact) mass is 251 g/mol. The Morgan fingerprint density at radius 2 is 1.88 bits per heavy atom. The minimum atomic E-state index is -4.19. The first-order valence-electron chi connectivity index (χ1n) is 5.30. The van der Waals surface area contributed by atoms with Crippen LogP contribution in [0.4, 0.5) is 8.78 Å². The zero-order valence-corrected chi connectivity index (χ0v) is 9.45. The predicted molar refractivity (Wildman–Crippen MR) is 53.6 cm³/mol. The van der Waals surface area contributed by atoms with Crippen molar-refractivity contribution in [2.45, 2.75) is 37.7 Å². The van der Waals surface area contributed by atoms with Crippen molar-refractivity contribution in [3.05, 3.63) is 0 Å². The van der Waals surface area contributed by atoms with Crippen molar-refractivity contribution < 1.29 is 28.6 Å². The van der Waals surface area contributed by atoms with Crippen LogP contribution in [0, 0.1) is 0 Å². The Morgan fingerprint density at radius 1 is 1.29 bits per heavy atom. The third-order valence-electron chi connectivity index (χ3n) is 3.11. The van der Waals surface area contributed by atoms with Crippen LogP contribution >= 0.6 is 0 Å². The Hall–Kier alpha value is -1.24. The van der Waals surface area contributed by atoms with E-state index in [4.69, 9.17) is 5.11 Å². The number of hydrogen-bond donors (Lipinski definition) is 2. The van der Waals surface area contributed by atoms with E-state index in [1.807, 2.05) is 0 Å². The Labute approximate surface area is 97.0 Å². The summed E-state index contributed by atoms with van der Waals surface area (Å²) in [4.78, 5) is 22.9. The fourth-order valence-corrected chi connectivity index (χ4v) is 1.95. The van der Waals surface area contributed by atoms with Gasteiger partial charge in [0.15, 0.2) is 0 Å². The number of likely N-dealkylation sites (tertiary alicyclic amines) is 1. The van der Waals surface area contributed by atoms with E-state index >= 15 is 0 Å². The maximum atomic E-state index is 13.4. The zero-order chi connectivity index (χ0) is 13.3. The predicted octanol–water partition coefficient (Wildman–Crippen LogP) is 0.470. The van der Waals surface area contributed by atoms with Crippen molar-refractivity contribution in [2.75, 3.05) is 13.1 Å². The highest BCUT2D eigenvalue weighted by atomic mass is 19.3. The second-order valence-electron chi connectivity index (χ2n) is 4.27. The molecule has 0 bridgehead atoms. The average molecular weight is 251 g/mol. The molecule has 1 amide bonds. The van der Waals surface area contributed by atoms with Gasteiger partial charge in [-0.2, -0.15) is 8.78 Å². The summed E-state index contributed by atoms with van der Waals surface area (Å²) in [6.45, 7) is 1.50. The third kappa shape index (κ3) is 2.54. The standard InChI is InChI=1S/C10H15F2NO4/c1-7(14)13-5-2-3-9(17,4-6-13)10(11,12)8(15)16/h17H,2-6H2,1H3,(H,15,16). The number of carbonyl (C=O) groups excluding carboxylic acids is 1. The Bertz CT molecular complexity index is 334. The highest BCUT2D eigenvalue weighted by Gasteiger charge is 2.58. The molecule has 1 aliphatic heterocycles. The zero-order valence-electron chi connectivity index (χ0n) is 9.45. The smallest absolute Gasteiger partial charge is 0.377 e. The fourth-order valence-electron chi connectivity index (χ4n) is 1.95. The van der Waals surface area contributed by atoms with Gasteiger partial charge in [-0.05, 0) is 12.8 Å². The summed E-state index contributed by atoms with van der Waals surface area (Å²) in [6.07, 6.45) is -0.624. The molecule has 1 rings (SSSR count). The molecule has 98 valence electrons. The summed E-state index contributed by atoms with van der Waals surface area (Å²) in [6, 6.07) is 0. The maximum absolute atomic E-state index is 13.4. The van der Waals surface area contributed by atoms with Gasteiger partial charge in [0.05, 0.1) is 0 Å². The van der Waals surface area contributed by atoms with E-state index in [1.165, 1.54) is 11.8 Å². The molecule has 1 unspecified atom stereocenters. The van der Waals surface area contributed by atoms with Crippen molar-refractivity contribution in [3.8, 4) is 0 Å². The van der Waals surface area contributed by atoms with Crippen LogP contribution in [0.1, 0.15) is 26.2 Å². The van der Waals surface area contributed by atoms with E-state index in [0.717, 1.165) is 0 Å². The lowest BCUT2D eigenvalue weighted by molar-refractivity contribution is -0.211. The fraction of sp³-hybridized carbons (Fsp3) is 0.800. The molecule has 0 aliphatic carbocycles. The van der Waals surface area contributed by atoms with Gasteiger partial charge in [0.1, 0.15) is 5.60 Å². The highest BCUT2D eigenvalue weighted by Crippen LogP contribution is 2.37. The maximum Gasteiger partial charge on any atom is 0.377 e. The second kappa shape index (κ2) is 4.56. The number of nitrogens with zero attached hydrogens (tertiary/aromatic N) is 1. The summed E-state index contributed by atoms with van der Waals surface area (Å²) >= 11 is 0. The van der Waals surface area contributed by atoms with Crippen LogP contribution in [0.3, 0.4) is 0 Å². The minimum absolute atomic E-state index is 0.0608. The van der Waals surface area contributed by atoms with Crippen LogP contribution in [0.25, 0.3) is 0 Å². The summed E-state index contributed by atoms with van der Waals surface area (Å²) < 4.78 is 26.7. The number of rotatable bonds is 2. The van der Waals surface area contributed by atoms with Gasteiger partial charge in [-0.25, -0.2) is 4.79 Å². The minimum Gasteiger partial charge on any atom is -0.477 e. The van der Waals surface area contributed by atoms with Gasteiger partial charge >= 0.3 is 11.9 Å². The van der Waals surface area contributed by atoms with Crippen LogP contribution in [-0.4, -0.2) is 51.6 Å². The first-order chi connectivity index (χ1) is 7.71. The number of alkyl halides is 2. The molecule has 0 radical (unpaired) electrons. The number of carboxylic acid groups (broad SMARTS) is 1. The molecule has 1 fully saturated rings. The number of aliphatic carboxylic acids is 1. The summed E-state index contributed by atoms with van der Waals surface area (Å²) in [7, 11) is 0.